The van der Waals surface area contributed by atoms with Crippen LogP contribution in [0.1, 0.15) is 21.7 Å². The van der Waals surface area contributed by atoms with E-state index in [-0.39, 0.29) is 28.1 Å². The molecule has 30 heavy (non-hydrogen) atoms. The van der Waals surface area contributed by atoms with E-state index in [2.05, 4.69) is 4.99 Å². The fourth-order valence-electron chi connectivity index (χ4n) is 2.72. The molecule has 4 rings (SSSR count). The Kier molecular flexibility index (Phi) is 5.36. The fourth-order valence-corrected chi connectivity index (χ4v) is 2.98. The van der Waals surface area contributed by atoms with E-state index < -0.39 is 11.9 Å². The predicted molar refractivity (Wildman–Crippen MR) is 109 cm³/mol. The Morgan fingerprint density at radius 1 is 1.13 bits per heavy atom. The molecule has 0 radical (unpaired) electrons. The fraction of sp³-hybridized carbons (Fsp3) is 0.0455. The van der Waals surface area contributed by atoms with E-state index in [1.165, 1.54) is 25.5 Å². The first-order valence-electron chi connectivity index (χ1n) is 8.76. The van der Waals surface area contributed by atoms with Crippen LogP contribution in [0.25, 0.3) is 6.08 Å². The minimum atomic E-state index is -0.629. The molecule has 0 spiro atoms. The summed E-state index contributed by atoms with van der Waals surface area (Å²) in [6, 6.07) is 14.9. The lowest BCUT2D eigenvalue weighted by Gasteiger charge is -2.12. The second-order valence-electron chi connectivity index (χ2n) is 6.10. The van der Waals surface area contributed by atoms with Crippen molar-refractivity contribution < 1.29 is 28.2 Å². The van der Waals surface area contributed by atoms with E-state index >= 15 is 0 Å². The van der Waals surface area contributed by atoms with Gasteiger partial charge in [-0.15, -0.1) is 0 Å². The third-order valence-corrected chi connectivity index (χ3v) is 4.39. The van der Waals surface area contributed by atoms with Crippen LogP contribution in [0.3, 0.4) is 0 Å². The molecule has 1 aliphatic heterocycles. The van der Waals surface area contributed by atoms with Gasteiger partial charge in [-0.25, -0.2) is 14.6 Å². The normalized spacial score (nSPS) is 14.4. The van der Waals surface area contributed by atoms with Gasteiger partial charge in [-0.3, -0.25) is 0 Å². The van der Waals surface area contributed by atoms with Gasteiger partial charge in [0.2, 0.25) is 0 Å². The maximum absolute atomic E-state index is 12.4. The molecule has 0 amide bonds. The van der Waals surface area contributed by atoms with Crippen LogP contribution in [0.15, 0.2) is 76.0 Å². The van der Waals surface area contributed by atoms with Crippen molar-refractivity contribution in [3.05, 3.63) is 88.5 Å². The zero-order valence-electron chi connectivity index (χ0n) is 15.6. The van der Waals surface area contributed by atoms with Crippen molar-refractivity contribution in [3.8, 4) is 11.5 Å². The maximum Gasteiger partial charge on any atom is 0.363 e. The van der Waals surface area contributed by atoms with Gasteiger partial charge >= 0.3 is 11.9 Å². The Morgan fingerprint density at radius 2 is 1.93 bits per heavy atom. The molecule has 7 nitrogen and oxygen atoms in total. The standard InChI is InChI=1S/C22H14ClNO6/c1-27-18-12-13(11-16-22(26)30-20(24-16)17-8-5-9-28-17)10-15(23)19(18)29-21(25)14-6-3-2-4-7-14/h2-12H,1H3. The van der Waals surface area contributed by atoms with Crippen molar-refractivity contribution in [2.24, 2.45) is 4.99 Å². The number of cyclic esters (lactones) is 1. The van der Waals surface area contributed by atoms with E-state index in [1.54, 1.807) is 48.5 Å². The largest absolute Gasteiger partial charge is 0.493 e. The van der Waals surface area contributed by atoms with Gasteiger partial charge in [0.25, 0.3) is 5.90 Å². The quantitative estimate of drug-likeness (QED) is 0.341. The summed E-state index contributed by atoms with van der Waals surface area (Å²) in [5, 5.41) is 0.132. The van der Waals surface area contributed by atoms with E-state index in [0.29, 0.717) is 16.9 Å². The number of furan rings is 1. The summed E-state index contributed by atoms with van der Waals surface area (Å²) < 4.78 is 21.0. The van der Waals surface area contributed by atoms with E-state index in [4.69, 9.17) is 30.2 Å². The molecule has 0 aliphatic carbocycles. The Labute approximate surface area is 176 Å². The summed E-state index contributed by atoms with van der Waals surface area (Å²) in [4.78, 5) is 28.6. The SMILES string of the molecule is COc1cc(C=C2N=C(c3ccco3)OC2=O)cc(Cl)c1OC(=O)c1ccccc1. The zero-order chi connectivity index (χ0) is 21.1. The Balaban J connectivity index is 1.63. The third kappa shape index (κ3) is 3.97. The van der Waals surface area contributed by atoms with Gasteiger partial charge in [-0.1, -0.05) is 29.8 Å². The number of methoxy groups -OCH3 is 1. The molecule has 8 heteroatoms. The number of rotatable bonds is 5. The molecule has 0 atom stereocenters. The lowest BCUT2D eigenvalue weighted by molar-refractivity contribution is -0.130. The first kappa shape index (κ1) is 19.5. The van der Waals surface area contributed by atoms with Crippen LogP contribution >= 0.6 is 11.6 Å². The molecule has 1 aromatic heterocycles. The Morgan fingerprint density at radius 3 is 2.63 bits per heavy atom. The van der Waals surface area contributed by atoms with Crippen molar-refractivity contribution in [1.29, 1.82) is 0 Å². The van der Waals surface area contributed by atoms with Gasteiger partial charge in [0.15, 0.2) is 23.0 Å². The number of aliphatic imine (C=N–C) groups is 1. The molecule has 0 saturated carbocycles. The number of halogens is 1. The van der Waals surface area contributed by atoms with Crippen LogP contribution in [0.4, 0.5) is 0 Å². The first-order chi connectivity index (χ1) is 14.5. The average Bonchev–Trinajstić information content (AvgIpc) is 3.40. The van der Waals surface area contributed by atoms with Crippen LogP contribution < -0.4 is 9.47 Å². The van der Waals surface area contributed by atoms with E-state index in [0.717, 1.165) is 0 Å². The minimum Gasteiger partial charge on any atom is -0.493 e. The summed E-state index contributed by atoms with van der Waals surface area (Å²) >= 11 is 6.32. The average molecular weight is 424 g/mol. The molecule has 0 bridgehead atoms. The molecule has 150 valence electrons. The van der Waals surface area contributed by atoms with Gasteiger partial charge in [-0.05, 0) is 48.0 Å². The molecule has 0 N–H and O–H groups in total. The van der Waals surface area contributed by atoms with Gasteiger partial charge in [-0.2, -0.15) is 0 Å². The van der Waals surface area contributed by atoms with Crippen LogP contribution in [0.5, 0.6) is 11.5 Å². The van der Waals surface area contributed by atoms with Crippen LogP contribution in [-0.2, 0) is 9.53 Å². The molecule has 3 aromatic rings. The molecular weight excluding hydrogens is 410 g/mol. The molecule has 0 saturated heterocycles. The van der Waals surface area contributed by atoms with Crippen molar-refractivity contribution in [1.82, 2.24) is 0 Å². The smallest absolute Gasteiger partial charge is 0.363 e. The highest BCUT2D eigenvalue weighted by molar-refractivity contribution is 6.32. The molecular formula is C22H14ClNO6. The first-order valence-corrected chi connectivity index (χ1v) is 9.14. The van der Waals surface area contributed by atoms with Crippen LogP contribution in [-0.4, -0.2) is 24.9 Å². The van der Waals surface area contributed by atoms with Crippen molar-refractivity contribution >= 4 is 35.5 Å². The van der Waals surface area contributed by atoms with Crippen LogP contribution in [0.2, 0.25) is 5.02 Å². The highest BCUT2D eigenvalue weighted by Gasteiger charge is 2.26. The highest BCUT2D eigenvalue weighted by atomic mass is 35.5. The number of nitrogens with zero attached hydrogens (tertiary/aromatic N) is 1. The van der Waals surface area contributed by atoms with Crippen molar-refractivity contribution in [2.75, 3.05) is 7.11 Å². The summed E-state index contributed by atoms with van der Waals surface area (Å²) in [6.45, 7) is 0. The van der Waals surface area contributed by atoms with Gasteiger partial charge < -0.3 is 18.6 Å². The molecule has 0 fully saturated rings. The Bertz CT molecular complexity index is 1170. The van der Waals surface area contributed by atoms with Gasteiger partial charge in [0.05, 0.1) is 24.0 Å². The number of hydrogen-bond acceptors (Lipinski definition) is 7. The molecule has 1 aliphatic rings. The van der Waals surface area contributed by atoms with Crippen molar-refractivity contribution in [3.63, 3.8) is 0 Å². The second-order valence-corrected chi connectivity index (χ2v) is 6.51. The molecule has 0 unspecified atom stereocenters. The second kappa shape index (κ2) is 8.26. The number of ether oxygens (including phenoxy) is 3. The number of esters is 2. The minimum absolute atomic E-state index is 0.0635. The van der Waals surface area contributed by atoms with Crippen LogP contribution in [0, 0.1) is 0 Å². The lowest BCUT2D eigenvalue weighted by Crippen LogP contribution is -2.09. The highest BCUT2D eigenvalue weighted by Crippen LogP contribution is 2.38. The maximum atomic E-state index is 12.4. The monoisotopic (exact) mass is 423 g/mol. The number of carbonyl (C=O) groups is 2. The molecule has 2 aromatic carbocycles. The molecule has 2 heterocycles. The van der Waals surface area contributed by atoms with Gasteiger partial charge in [0, 0.05) is 0 Å². The topological polar surface area (TPSA) is 87.3 Å². The third-order valence-electron chi connectivity index (χ3n) is 4.11. The van der Waals surface area contributed by atoms with Gasteiger partial charge in [0.1, 0.15) is 0 Å². The zero-order valence-corrected chi connectivity index (χ0v) is 16.4. The Hall–Kier alpha value is -3.84. The van der Waals surface area contributed by atoms with E-state index in [1.807, 2.05) is 0 Å². The number of hydrogen-bond donors (Lipinski definition) is 0. The summed E-state index contributed by atoms with van der Waals surface area (Å²) in [6.07, 6.45) is 2.93. The number of carbonyl (C=O) groups excluding carboxylic acids is 2. The summed E-state index contributed by atoms with van der Waals surface area (Å²) in [5.41, 5.74) is 0.941. The predicted octanol–water partition coefficient (Wildman–Crippen LogP) is 4.51. The van der Waals surface area contributed by atoms with Crippen molar-refractivity contribution in [2.45, 2.75) is 0 Å². The summed E-state index contributed by atoms with van der Waals surface area (Å²) in [7, 11) is 1.42. The number of benzene rings is 2. The van der Waals surface area contributed by atoms with E-state index in [9.17, 15) is 9.59 Å². The summed E-state index contributed by atoms with van der Waals surface area (Å²) in [5.74, 6) is -0.498. The lowest BCUT2D eigenvalue weighted by atomic mass is 10.1.